The Bertz CT molecular complexity index is 421. The lowest BCUT2D eigenvalue weighted by atomic mass is 9.91. The van der Waals surface area contributed by atoms with Gasteiger partial charge in [-0.25, -0.2) is 0 Å². The molecule has 1 heterocycles. The summed E-state index contributed by atoms with van der Waals surface area (Å²) in [6.07, 6.45) is 6.68. The Morgan fingerprint density at radius 3 is 2.58 bits per heavy atom. The summed E-state index contributed by atoms with van der Waals surface area (Å²) < 4.78 is 0. The standard InChI is InChI=1S/C17H25NO/c1-18-11-2-3-15(8-12-18)16-6-4-14(5-7-16)13-17(19)9-10-17/h4-7,15,19H,2-3,8-13H2,1H3. The molecule has 0 bridgehead atoms. The van der Waals surface area contributed by atoms with Gasteiger partial charge in [0, 0.05) is 6.42 Å². The number of hydrogen-bond acceptors (Lipinski definition) is 2. The maximum Gasteiger partial charge on any atom is 0.0690 e. The van der Waals surface area contributed by atoms with Crippen molar-refractivity contribution >= 4 is 0 Å². The molecule has 2 nitrogen and oxygen atoms in total. The first-order valence-electron chi connectivity index (χ1n) is 7.64. The predicted molar refractivity (Wildman–Crippen MR) is 78.4 cm³/mol. The molecule has 1 unspecified atom stereocenters. The Morgan fingerprint density at radius 2 is 1.89 bits per heavy atom. The van der Waals surface area contributed by atoms with Crippen LogP contribution < -0.4 is 0 Å². The van der Waals surface area contributed by atoms with E-state index in [9.17, 15) is 5.11 Å². The van der Waals surface area contributed by atoms with E-state index >= 15 is 0 Å². The largest absolute Gasteiger partial charge is 0.390 e. The SMILES string of the molecule is CN1CCCC(c2ccc(CC3(O)CC3)cc2)CC1. The molecule has 1 aromatic rings. The van der Waals surface area contributed by atoms with Crippen LogP contribution in [0.2, 0.25) is 0 Å². The molecular formula is C17H25NO. The Hall–Kier alpha value is -0.860. The van der Waals surface area contributed by atoms with Crippen LogP contribution in [0, 0.1) is 0 Å². The van der Waals surface area contributed by atoms with Gasteiger partial charge in [-0.3, -0.25) is 0 Å². The van der Waals surface area contributed by atoms with E-state index in [1.807, 2.05) is 0 Å². The second-order valence-corrected chi connectivity index (χ2v) is 6.57. The van der Waals surface area contributed by atoms with Crippen molar-refractivity contribution in [1.29, 1.82) is 0 Å². The van der Waals surface area contributed by atoms with Gasteiger partial charge in [0.15, 0.2) is 0 Å². The van der Waals surface area contributed by atoms with Crippen molar-refractivity contribution in [2.45, 2.75) is 50.0 Å². The molecule has 1 saturated carbocycles. The zero-order valence-electron chi connectivity index (χ0n) is 11.9. The molecule has 19 heavy (non-hydrogen) atoms. The second kappa shape index (κ2) is 5.26. The first-order valence-corrected chi connectivity index (χ1v) is 7.64. The number of hydrogen-bond donors (Lipinski definition) is 1. The van der Waals surface area contributed by atoms with Gasteiger partial charge in [-0.2, -0.15) is 0 Å². The molecule has 0 spiro atoms. The zero-order valence-corrected chi connectivity index (χ0v) is 11.9. The van der Waals surface area contributed by atoms with Crippen molar-refractivity contribution in [3.63, 3.8) is 0 Å². The fraction of sp³-hybridized carbons (Fsp3) is 0.647. The summed E-state index contributed by atoms with van der Waals surface area (Å²) in [7, 11) is 2.22. The molecule has 3 rings (SSSR count). The number of aliphatic hydroxyl groups is 1. The minimum absolute atomic E-state index is 0.369. The van der Waals surface area contributed by atoms with Crippen molar-refractivity contribution in [2.75, 3.05) is 20.1 Å². The number of likely N-dealkylation sites (tertiary alicyclic amines) is 1. The van der Waals surface area contributed by atoms with E-state index in [4.69, 9.17) is 0 Å². The highest BCUT2D eigenvalue weighted by atomic mass is 16.3. The summed E-state index contributed by atoms with van der Waals surface area (Å²) >= 11 is 0. The number of benzene rings is 1. The molecule has 1 aliphatic heterocycles. The van der Waals surface area contributed by atoms with Crippen LogP contribution in [0.5, 0.6) is 0 Å². The summed E-state index contributed by atoms with van der Waals surface area (Å²) in [4.78, 5) is 2.44. The summed E-state index contributed by atoms with van der Waals surface area (Å²) in [6, 6.07) is 9.02. The third kappa shape index (κ3) is 3.37. The van der Waals surface area contributed by atoms with Gasteiger partial charge in [0.05, 0.1) is 5.60 Å². The van der Waals surface area contributed by atoms with E-state index in [1.165, 1.54) is 43.5 Å². The number of rotatable bonds is 3. The zero-order chi connectivity index (χ0) is 13.3. The molecule has 2 heteroatoms. The fourth-order valence-corrected chi connectivity index (χ4v) is 3.18. The summed E-state index contributed by atoms with van der Waals surface area (Å²) in [5.41, 5.74) is 2.41. The average Bonchev–Trinajstić information content (AvgIpc) is 3.15. The fourth-order valence-electron chi connectivity index (χ4n) is 3.18. The Kier molecular flexibility index (Phi) is 3.64. The van der Waals surface area contributed by atoms with Crippen molar-refractivity contribution in [3.8, 4) is 0 Å². The summed E-state index contributed by atoms with van der Waals surface area (Å²) in [6.45, 7) is 2.45. The lowest BCUT2D eigenvalue weighted by Crippen LogP contribution is -2.18. The van der Waals surface area contributed by atoms with Crippen LogP contribution in [0.4, 0.5) is 0 Å². The quantitative estimate of drug-likeness (QED) is 0.902. The molecule has 2 fully saturated rings. The molecule has 1 aromatic carbocycles. The van der Waals surface area contributed by atoms with Crippen LogP contribution in [0.15, 0.2) is 24.3 Å². The third-order valence-electron chi connectivity index (χ3n) is 4.76. The van der Waals surface area contributed by atoms with Crippen molar-refractivity contribution in [3.05, 3.63) is 35.4 Å². The highest BCUT2D eigenvalue weighted by molar-refractivity contribution is 5.27. The number of nitrogens with zero attached hydrogens (tertiary/aromatic N) is 1. The van der Waals surface area contributed by atoms with E-state index in [0.29, 0.717) is 0 Å². The molecule has 104 valence electrons. The molecular weight excluding hydrogens is 234 g/mol. The van der Waals surface area contributed by atoms with Gasteiger partial charge < -0.3 is 10.0 Å². The first-order chi connectivity index (χ1) is 9.15. The second-order valence-electron chi connectivity index (χ2n) is 6.57. The molecule has 0 radical (unpaired) electrons. The van der Waals surface area contributed by atoms with Gasteiger partial charge in [0.1, 0.15) is 0 Å². The van der Waals surface area contributed by atoms with Gasteiger partial charge in [-0.15, -0.1) is 0 Å². The van der Waals surface area contributed by atoms with Crippen molar-refractivity contribution in [2.24, 2.45) is 0 Å². The van der Waals surface area contributed by atoms with E-state index in [2.05, 4.69) is 36.2 Å². The van der Waals surface area contributed by atoms with E-state index in [0.717, 1.165) is 25.2 Å². The minimum atomic E-state index is -0.369. The Morgan fingerprint density at radius 1 is 1.16 bits per heavy atom. The van der Waals surface area contributed by atoms with Crippen LogP contribution in [0.25, 0.3) is 0 Å². The van der Waals surface area contributed by atoms with Crippen LogP contribution >= 0.6 is 0 Å². The molecule has 1 atom stereocenters. The van der Waals surface area contributed by atoms with Gasteiger partial charge in [0.25, 0.3) is 0 Å². The highest BCUT2D eigenvalue weighted by Gasteiger charge is 2.39. The topological polar surface area (TPSA) is 23.5 Å². The molecule has 1 saturated heterocycles. The summed E-state index contributed by atoms with van der Waals surface area (Å²) in [5, 5.41) is 9.96. The molecule has 2 aliphatic rings. The van der Waals surface area contributed by atoms with Gasteiger partial charge in [-0.1, -0.05) is 24.3 Å². The lowest BCUT2D eigenvalue weighted by molar-refractivity contribution is 0.151. The Balaban J connectivity index is 1.64. The first kappa shape index (κ1) is 13.1. The monoisotopic (exact) mass is 259 g/mol. The lowest BCUT2D eigenvalue weighted by Gasteiger charge is -2.16. The third-order valence-corrected chi connectivity index (χ3v) is 4.76. The normalized spacial score (nSPS) is 26.9. The molecule has 0 amide bonds. The summed E-state index contributed by atoms with van der Waals surface area (Å²) in [5.74, 6) is 0.725. The maximum absolute atomic E-state index is 9.96. The van der Waals surface area contributed by atoms with Crippen LogP contribution in [-0.4, -0.2) is 35.7 Å². The molecule has 1 aliphatic carbocycles. The van der Waals surface area contributed by atoms with Crippen molar-refractivity contribution in [1.82, 2.24) is 4.90 Å². The van der Waals surface area contributed by atoms with E-state index < -0.39 is 0 Å². The highest BCUT2D eigenvalue weighted by Crippen LogP contribution is 2.38. The van der Waals surface area contributed by atoms with Gasteiger partial charge >= 0.3 is 0 Å². The van der Waals surface area contributed by atoms with Crippen LogP contribution in [-0.2, 0) is 6.42 Å². The van der Waals surface area contributed by atoms with E-state index in [-0.39, 0.29) is 5.60 Å². The minimum Gasteiger partial charge on any atom is -0.390 e. The van der Waals surface area contributed by atoms with Crippen molar-refractivity contribution < 1.29 is 5.11 Å². The Labute approximate surface area is 116 Å². The van der Waals surface area contributed by atoms with Gasteiger partial charge in [-0.05, 0) is 69.3 Å². The van der Waals surface area contributed by atoms with Gasteiger partial charge in [0.2, 0.25) is 0 Å². The molecule has 1 N–H and O–H groups in total. The molecule has 0 aromatic heterocycles. The smallest absolute Gasteiger partial charge is 0.0690 e. The average molecular weight is 259 g/mol. The predicted octanol–water partition coefficient (Wildman–Crippen LogP) is 2.95. The van der Waals surface area contributed by atoms with Crippen LogP contribution in [0.1, 0.15) is 49.1 Å². The maximum atomic E-state index is 9.96. The van der Waals surface area contributed by atoms with E-state index in [1.54, 1.807) is 0 Å². The van der Waals surface area contributed by atoms with Crippen LogP contribution in [0.3, 0.4) is 0 Å².